The molecule has 1 amide bonds. The number of fused-ring (bicyclic) bond motifs is 1. The number of amides is 1. The predicted molar refractivity (Wildman–Crippen MR) is 79.2 cm³/mol. The van der Waals surface area contributed by atoms with E-state index in [1.54, 1.807) is 6.07 Å². The van der Waals surface area contributed by atoms with Crippen LogP contribution in [0.3, 0.4) is 0 Å². The fourth-order valence-corrected chi connectivity index (χ4v) is 2.71. The van der Waals surface area contributed by atoms with Crippen LogP contribution in [0.1, 0.15) is 60.5 Å². The molecule has 1 N–H and O–H groups in total. The molecule has 1 aliphatic rings. The number of aryl methyl sites for hydroxylation is 2. The minimum absolute atomic E-state index is 0.239. The molecule has 7 nitrogen and oxygen atoms in total. The van der Waals surface area contributed by atoms with E-state index in [0.717, 1.165) is 56.1 Å². The van der Waals surface area contributed by atoms with Crippen molar-refractivity contribution in [1.29, 1.82) is 0 Å². The average Bonchev–Trinajstić information content (AvgIpc) is 3.07. The first-order valence-corrected chi connectivity index (χ1v) is 7.92. The Labute approximate surface area is 129 Å². The molecule has 0 aliphatic carbocycles. The number of carbonyl (C=O) groups is 1. The van der Waals surface area contributed by atoms with Gasteiger partial charge in [-0.15, -0.1) is 10.2 Å². The topological polar surface area (TPSA) is 85.8 Å². The van der Waals surface area contributed by atoms with Gasteiger partial charge in [0.25, 0.3) is 5.91 Å². The van der Waals surface area contributed by atoms with Crippen LogP contribution >= 0.6 is 0 Å². The third-order valence-electron chi connectivity index (χ3n) is 3.88. The molecule has 0 aromatic carbocycles. The molecule has 0 atom stereocenters. The molecule has 2 aromatic rings. The predicted octanol–water partition coefficient (Wildman–Crippen LogP) is 1.87. The third-order valence-corrected chi connectivity index (χ3v) is 3.88. The molecule has 3 rings (SSSR count). The lowest BCUT2D eigenvalue weighted by atomic mass is 10.2. The summed E-state index contributed by atoms with van der Waals surface area (Å²) in [7, 11) is 0. The highest BCUT2D eigenvalue weighted by molar-refractivity contribution is 5.92. The van der Waals surface area contributed by atoms with E-state index >= 15 is 0 Å². The first-order chi connectivity index (χ1) is 10.8. The zero-order valence-electron chi connectivity index (χ0n) is 12.8. The molecule has 0 saturated carbocycles. The first kappa shape index (κ1) is 14.7. The van der Waals surface area contributed by atoms with E-state index < -0.39 is 0 Å². The van der Waals surface area contributed by atoms with Gasteiger partial charge in [0.1, 0.15) is 11.6 Å². The summed E-state index contributed by atoms with van der Waals surface area (Å²) in [5, 5.41) is 15.1. The molecule has 0 radical (unpaired) electrons. The quantitative estimate of drug-likeness (QED) is 0.911. The van der Waals surface area contributed by atoms with E-state index in [1.165, 1.54) is 6.42 Å². The van der Waals surface area contributed by atoms with Crippen LogP contribution in [-0.4, -0.2) is 25.8 Å². The van der Waals surface area contributed by atoms with E-state index in [4.69, 9.17) is 4.52 Å². The highest BCUT2D eigenvalue weighted by Gasteiger charge is 2.17. The molecule has 22 heavy (non-hydrogen) atoms. The minimum atomic E-state index is -0.239. The van der Waals surface area contributed by atoms with Gasteiger partial charge in [-0.05, 0) is 19.3 Å². The summed E-state index contributed by atoms with van der Waals surface area (Å²) in [6.07, 6.45) is 6.22. The lowest BCUT2D eigenvalue weighted by Crippen LogP contribution is -2.25. The van der Waals surface area contributed by atoms with Crippen LogP contribution in [0.5, 0.6) is 0 Å². The molecule has 7 heteroatoms. The molecule has 0 unspecified atom stereocenters. The minimum Gasteiger partial charge on any atom is -0.361 e. The van der Waals surface area contributed by atoms with Crippen LogP contribution in [0.25, 0.3) is 0 Å². The monoisotopic (exact) mass is 303 g/mol. The van der Waals surface area contributed by atoms with Gasteiger partial charge in [0, 0.05) is 25.5 Å². The van der Waals surface area contributed by atoms with Gasteiger partial charge in [-0.1, -0.05) is 18.5 Å². The van der Waals surface area contributed by atoms with Crippen molar-refractivity contribution in [3.8, 4) is 0 Å². The Kier molecular flexibility index (Phi) is 4.50. The van der Waals surface area contributed by atoms with Gasteiger partial charge in [-0.25, -0.2) is 0 Å². The Morgan fingerprint density at radius 1 is 1.36 bits per heavy atom. The van der Waals surface area contributed by atoms with Gasteiger partial charge < -0.3 is 14.4 Å². The Morgan fingerprint density at radius 3 is 3.14 bits per heavy atom. The molecule has 0 saturated heterocycles. The maximum atomic E-state index is 12.1. The number of nitrogens with zero attached hydrogens (tertiary/aromatic N) is 4. The summed E-state index contributed by atoms with van der Waals surface area (Å²) < 4.78 is 7.25. The van der Waals surface area contributed by atoms with Crippen LogP contribution in [-0.2, 0) is 25.9 Å². The number of carbonyl (C=O) groups excluding carboxylic acids is 1. The maximum Gasteiger partial charge on any atom is 0.273 e. The molecule has 3 heterocycles. The summed E-state index contributed by atoms with van der Waals surface area (Å²) in [6, 6.07) is 1.70. The fourth-order valence-electron chi connectivity index (χ4n) is 2.71. The maximum absolute atomic E-state index is 12.1. The normalized spacial score (nSPS) is 14.4. The first-order valence-electron chi connectivity index (χ1n) is 7.92. The number of rotatable bonds is 5. The summed E-state index contributed by atoms with van der Waals surface area (Å²) in [6.45, 7) is 3.35. The highest BCUT2D eigenvalue weighted by Crippen LogP contribution is 2.14. The lowest BCUT2D eigenvalue weighted by Gasteiger charge is -2.07. The zero-order valence-corrected chi connectivity index (χ0v) is 12.8. The van der Waals surface area contributed by atoms with Crippen molar-refractivity contribution < 1.29 is 9.32 Å². The molecule has 0 spiro atoms. The number of nitrogens with one attached hydrogen (secondary N) is 1. The zero-order chi connectivity index (χ0) is 15.4. The molecule has 0 fully saturated rings. The molecule has 2 aromatic heterocycles. The van der Waals surface area contributed by atoms with Crippen molar-refractivity contribution in [1.82, 2.24) is 25.2 Å². The Bertz CT molecular complexity index is 646. The second-order valence-electron chi connectivity index (χ2n) is 5.61. The van der Waals surface area contributed by atoms with Gasteiger partial charge in [0.05, 0.1) is 6.54 Å². The van der Waals surface area contributed by atoms with E-state index in [2.05, 4.69) is 32.2 Å². The summed E-state index contributed by atoms with van der Waals surface area (Å²) >= 11 is 0. The van der Waals surface area contributed by atoms with E-state index in [-0.39, 0.29) is 5.91 Å². The van der Waals surface area contributed by atoms with Gasteiger partial charge in [0.15, 0.2) is 11.5 Å². The lowest BCUT2D eigenvalue weighted by molar-refractivity contribution is 0.0940. The number of aromatic nitrogens is 4. The number of hydrogen-bond donors (Lipinski definition) is 1. The fraction of sp³-hybridized carbons (Fsp3) is 0.600. The summed E-state index contributed by atoms with van der Waals surface area (Å²) in [5.74, 6) is 2.33. The molecular weight excluding hydrogens is 282 g/mol. The smallest absolute Gasteiger partial charge is 0.273 e. The Morgan fingerprint density at radius 2 is 2.27 bits per heavy atom. The van der Waals surface area contributed by atoms with Gasteiger partial charge in [-0.3, -0.25) is 4.79 Å². The van der Waals surface area contributed by atoms with Crippen molar-refractivity contribution >= 4 is 5.91 Å². The van der Waals surface area contributed by atoms with Crippen LogP contribution in [0.4, 0.5) is 0 Å². The van der Waals surface area contributed by atoms with Crippen molar-refractivity contribution in [3.63, 3.8) is 0 Å². The molecule has 1 aliphatic heterocycles. The largest absolute Gasteiger partial charge is 0.361 e. The van der Waals surface area contributed by atoms with Crippen molar-refractivity contribution in [3.05, 3.63) is 29.2 Å². The van der Waals surface area contributed by atoms with Crippen LogP contribution < -0.4 is 5.32 Å². The van der Waals surface area contributed by atoms with Gasteiger partial charge in [0.2, 0.25) is 0 Å². The van der Waals surface area contributed by atoms with Gasteiger partial charge >= 0.3 is 0 Å². The summed E-state index contributed by atoms with van der Waals surface area (Å²) in [4.78, 5) is 12.1. The van der Waals surface area contributed by atoms with Crippen molar-refractivity contribution in [2.24, 2.45) is 0 Å². The van der Waals surface area contributed by atoms with Crippen LogP contribution in [0.2, 0.25) is 0 Å². The second-order valence-corrected chi connectivity index (χ2v) is 5.61. The van der Waals surface area contributed by atoms with Crippen molar-refractivity contribution in [2.45, 2.75) is 58.5 Å². The third kappa shape index (κ3) is 3.18. The molecular formula is C15H21N5O2. The molecule has 0 bridgehead atoms. The number of hydrogen-bond acceptors (Lipinski definition) is 5. The second kappa shape index (κ2) is 6.72. The highest BCUT2D eigenvalue weighted by atomic mass is 16.5. The Balaban J connectivity index is 1.62. The van der Waals surface area contributed by atoms with E-state index in [0.29, 0.717) is 12.2 Å². The standard InChI is InChI=1S/C15H21N5O2/c1-2-6-11-9-12(19-22-11)15(21)16-10-14-18-17-13-7-4-3-5-8-20(13)14/h9H,2-8,10H2,1H3,(H,16,21). The van der Waals surface area contributed by atoms with E-state index in [1.807, 2.05) is 0 Å². The van der Waals surface area contributed by atoms with Crippen molar-refractivity contribution in [2.75, 3.05) is 0 Å². The van der Waals surface area contributed by atoms with Gasteiger partial charge in [-0.2, -0.15) is 0 Å². The molecule has 118 valence electrons. The summed E-state index contributed by atoms with van der Waals surface area (Å²) in [5.41, 5.74) is 0.319. The van der Waals surface area contributed by atoms with Crippen LogP contribution in [0, 0.1) is 0 Å². The average molecular weight is 303 g/mol. The SMILES string of the molecule is CCCc1cc(C(=O)NCc2nnc3n2CCCCC3)no1. The Hall–Kier alpha value is -2.18. The van der Waals surface area contributed by atoms with E-state index in [9.17, 15) is 4.79 Å². The van der Waals surface area contributed by atoms with Crippen LogP contribution in [0.15, 0.2) is 10.6 Å².